The average Bonchev–Trinajstić information content (AvgIpc) is 3.60. The maximum atomic E-state index is 5.11. The van der Waals surface area contributed by atoms with Gasteiger partial charge in [0.05, 0.1) is 23.9 Å². The number of allylic oxidation sites excluding steroid dienone is 1. The van der Waals surface area contributed by atoms with Crippen molar-refractivity contribution in [3.8, 4) is 0 Å². The quantitative estimate of drug-likeness (QED) is 0.171. The van der Waals surface area contributed by atoms with E-state index in [0.717, 1.165) is 22.0 Å². The third-order valence-electron chi connectivity index (χ3n) is 9.13. The molecule has 0 bridgehead atoms. The fraction of sp³-hybridized carbons (Fsp3) is 0.108. The number of aromatic nitrogens is 1. The van der Waals surface area contributed by atoms with Crippen LogP contribution in [0.4, 0.5) is 11.4 Å². The van der Waals surface area contributed by atoms with Gasteiger partial charge in [0.1, 0.15) is 5.54 Å². The lowest BCUT2D eigenvalue weighted by Gasteiger charge is -2.52. The Morgan fingerprint density at radius 3 is 1.86 bits per heavy atom. The Hall–Kier alpha value is -4.58. The minimum absolute atomic E-state index is 0.00235. The summed E-state index contributed by atoms with van der Waals surface area (Å²) in [5.74, 6) is 0. The topological polar surface area (TPSA) is 31.4 Å². The van der Waals surface area contributed by atoms with Crippen LogP contribution in [0.25, 0.3) is 0 Å². The van der Waals surface area contributed by atoms with Gasteiger partial charge in [-0.2, -0.15) is 0 Å². The van der Waals surface area contributed by atoms with Crippen molar-refractivity contribution < 1.29 is 0 Å². The van der Waals surface area contributed by atoms with Gasteiger partial charge in [-0.15, -0.1) is 12.6 Å². The zero-order chi connectivity index (χ0) is 28.1. The van der Waals surface area contributed by atoms with Gasteiger partial charge in [-0.25, -0.2) is 0 Å². The summed E-state index contributed by atoms with van der Waals surface area (Å²) < 4.78 is 0. The van der Waals surface area contributed by atoms with Crippen LogP contribution in [0.3, 0.4) is 0 Å². The number of hydrogen-bond acceptors (Lipinski definition) is 5. The van der Waals surface area contributed by atoms with Crippen LogP contribution in [0, 0.1) is 0 Å². The van der Waals surface area contributed by atoms with E-state index in [1.807, 2.05) is 12.4 Å². The van der Waals surface area contributed by atoms with Crippen molar-refractivity contribution in [3.05, 3.63) is 185 Å². The highest BCUT2D eigenvalue weighted by atomic mass is 32.1. The highest BCUT2D eigenvalue weighted by molar-refractivity contribution is 7.84. The van der Waals surface area contributed by atoms with Gasteiger partial charge in [0.15, 0.2) is 0 Å². The monoisotopic (exact) mass is 562 g/mol. The lowest BCUT2D eigenvalue weighted by atomic mass is 9.70. The molecule has 1 aliphatic carbocycles. The van der Waals surface area contributed by atoms with Crippen LogP contribution in [0.5, 0.6) is 0 Å². The number of benzene rings is 4. The van der Waals surface area contributed by atoms with Crippen molar-refractivity contribution in [1.29, 1.82) is 0 Å². The van der Waals surface area contributed by atoms with Crippen LogP contribution >= 0.6 is 12.6 Å². The summed E-state index contributed by atoms with van der Waals surface area (Å²) in [6.07, 6.45) is 8.27. The molecule has 42 heavy (non-hydrogen) atoms. The smallest absolute Gasteiger partial charge is 0.117 e. The molecule has 0 amide bonds. The van der Waals surface area contributed by atoms with E-state index in [1.54, 1.807) is 0 Å². The molecule has 1 N–H and O–H groups in total. The second-order valence-corrected chi connectivity index (χ2v) is 11.5. The maximum absolute atomic E-state index is 5.11. The van der Waals surface area contributed by atoms with Crippen molar-refractivity contribution >= 4 is 24.0 Å². The van der Waals surface area contributed by atoms with Gasteiger partial charge in [-0.05, 0) is 41.0 Å². The van der Waals surface area contributed by atoms with Gasteiger partial charge < -0.3 is 10.2 Å². The number of nitrogens with one attached hydrogen (secondary N) is 1. The largest absolute Gasteiger partial charge is 0.356 e. The van der Waals surface area contributed by atoms with Crippen LogP contribution < -0.4 is 10.2 Å². The van der Waals surface area contributed by atoms with Gasteiger partial charge >= 0.3 is 0 Å². The number of rotatable bonds is 5. The minimum atomic E-state index is -0.645. The zero-order valence-electron chi connectivity index (χ0n) is 23.0. The Kier molecular flexibility index (Phi) is 5.85. The fourth-order valence-electron chi connectivity index (χ4n) is 7.54. The first kappa shape index (κ1) is 25.2. The summed E-state index contributed by atoms with van der Waals surface area (Å²) in [5, 5.41) is 3.85. The second-order valence-electron chi connectivity index (χ2n) is 11.1. The van der Waals surface area contributed by atoms with E-state index in [9.17, 15) is 0 Å². The minimum Gasteiger partial charge on any atom is -0.356 e. The third-order valence-corrected chi connectivity index (χ3v) is 9.50. The number of fused-ring (bicyclic) bond motifs is 1. The second kappa shape index (κ2) is 9.76. The lowest BCUT2D eigenvalue weighted by molar-refractivity contribution is 0.0815. The number of thiol groups is 1. The first-order valence-corrected chi connectivity index (χ1v) is 14.8. The number of hydrogen-bond donors (Lipinski definition) is 2. The van der Waals surface area contributed by atoms with Gasteiger partial charge in [0.2, 0.25) is 0 Å². The SMILES string of the molecule is SC1=C2Nc3ccccc3C23C(C=C1)N(c1ccncc1)CN3C(c1ccccc1)(c1ccccc1)c1ccccc1. The van der Waals surface area contributed by atoms with Gasteiger partial charge in [0, 0.05) is 34.2 Å². The number of nitrogens with zero attached hydrogens (tertiary/aromatic N) is 3. The van der Waals surface area contributed by atoms with Crippen LogP contribution in [-0.2, 0) is 11.1 Å². The van der Waals surface area contributed by atoms with Gasteiger partial charge in [0.25, 0.3) is 0 Å². The summed E-state index contributed by atoms with van der Waals surface area (Å²) >= 11 is 5.11. The van der Waals surface area contributed by atoms with E-state index in [-0.39, 0.29) is 6.04 Å². The average molecular weight is 563 g/mol. The Balaban J connectivity index is 1.53. The molecule has 2 unspecified atom stereocenters. The molecule has 4 nitrogen and oxygen atoms in total. The molecule has 5 aromatic rings. The molecule has 2 atom stereocenters. The van der Waals surface area contributed by atoms with E-state index in [0.29, 0.717) is 6.67 Å². The number of pyridine rings is 1. The molecule has 0 radical (unpaired) electrons. The van der Waals surface area contributed by atoms with Crippen molar-refractivity contribution in [3.63, 3.8) is 0 Å². The predicted octanol–water partition coefficient (Wildman–Crippen LogP) is 7.55. The predicted molar refractivity (Wildman–Crippen MR) is 173 cm³/mol. The molecule has 0 saturated carbocycles. The van der Waals surface area contributed by atoms with Gasteiger partial charge in [-0.1, -0.05) is 115 Å². The van der Waals surface area contributed by atoms with Gasteiger partial charge in [-0.3, -0.25) is 9.88 Å². The van der Waals surface area contributed by atoms with Crippen molar-refractivity contribution in [2.75, 3.05) is 16.9 Å². The summed E-state index contributed by atoms with van der Waals surface area (Å²) in [7, 11) is 0. The van der Waals surface area contributed by atoms with Crippen LogP contribution in [0.15, 0.2) is 163 Å². The van der Waals surface area contributed by atoms with Crippen molar-refractivity contribution in [2.24, 2.45) is 0 Å². The Bertz CT molecular complexity index is 1710. The summed E-state index contributed by atoms with van der Waals surface area (Å²) in [6, 6.07) is 45.9. The Morgan fingerprint density at radius 1 is 0.714 bits per heavy atom. The molecule has 1 fully saturated rings. The fourth-order valence-corrected chi connectivity index (χ4v) is 7.85. The van der Waals surface area contributed by atoms with Crippen molar-refractivity contribution in [2.45, 2.75) is 17.1 Å². The zero-order valence-corrected chi connectivity index (χ0v) is 23.9. The molecule has 204 valence electrons. The first-order chi connectivity index (χ1) is 20.8. The van der Waals surface area contributed by atoms with Crippen LogP contribution in [0.1, 0.15) is 22.3 Å². The van der Waals surface area contributed by atoms with Crippen LogP contribution in [-0.4, -0.2) is 22.6 Å². The Labute approximate surface area is 252 Å². The molecule has 1 spiro atoms. The summed E-state index contributed by atoms with van der Waals surface area (Å²) in [5.41, 5.74) is 7.06. The molecule has 1 aromatic heterocycles. The molecular formula is C37H30N4S. The van der Waals surface area contributed by atoms with E-state index in [2.05, 4.69) is 160 Å². The highest BCUT2D eigenvalue weighted by Crippen LogP contribution is 2.62. The maximum Gasteiger partial charge on any atom is 0.117 e. The molecule has 8 rings (SSSR count). The number of para-hydroxylation sites is 1. The molecule has 2 aliphatic heterocycles. The van der Waals surface area contributed by atoms with Crippen LogP contribution in [0.2, 0.25) is 0 Å². The molecule has 3 heterocycles. The summed E-state index contributed by atoms with van der Waals surface area (Å²) in [4.78, 5) is 10.5. The molecule has 1 saturated heterocycles. The van der Waals surface area contributed by atoms with E-state index in [1.165, 1.54) is 22.3 Å². The Morgan fingerprint density at radius 2 is 1.26 bits per heavy atom. The van der Waals surface area contributed by atoms with E-state index in [4.69, 9.17) is 12.6 Å². The molecule has 5 heteroatoms. The first-order valence-electron chi connectivity index (χ1n) is 14.3. The lowest BCUT2D eigenvalue weighted by Crippen LogP contribution is -2.59. The summed E-state index contributed by atoms with van der Waals surface area (Å²) in [6.45, 7) is 0.665. The highest BCUT2D eigenvalue weighted by Gasteiger charge is 2.66. The van der Waals surface area contributed by atoms with Crippen molar-refractivity contribution in [1.82, 2.24) is 9.88 Å². The molecule has 4 aromatic carbocycles. The standard InChI is InChI=1S/C37H30N4S/c42-33-20-21-34-37(31-18-10-11-19-32(31)39-35(33)37)41(26-40(34)30-22-24-38-25-23-30)36(27-12-4-1-5-13-27,28-14-6-2-7-15-28)29-16-8-3-9-17-29/h1-25,34,39,42H,26H2. The normalized spacial score (nSPS) is 21.1. The van der Waals surface area contributed by atoms with E-state index >= 15 is 0 Å². The molecular weight excluding hydrogens is 533 g/mol. The van der Waals surface area contributed by atoms with E-state index < -0.39 is 11.1 Å². The third kappa shape index (κ3) is 3.38. The number of anilines is 2. The molecule has 3 aliphatic rings.